The SMILES string of the molecule is C=Cc1cc(C(C)(C)C)cc(C(C)(C)c2ccccc2)c1OS. The van der Waals surface area contributed by atoms with Crippen LogP contribution in [0.15, 0.2) is 49.0 Å². The van der Waals surface area contributed by atoms with Crippen LogP contribution in [0, 0.1) is 0 Å². The van der Waals surface area contributed by atoms with Gasteiger partial charge in [0, 0.05) is 29.5 Å². The molecule has 0 aliphatic heterocycles. The van der Waals surface area contributed by atoms with E-state index in [0.29, 0.717) is 0 Å². The first-order valence-electron chi connectivity index (χ1n) is 7.90. The highest BCUT2D eigenvalue weighted by Gasteiger charge is 2.30. The van der Waals surface area contributed by atoms with Crippen LogP contribution in [0.1, 0.15) is 56.9 Å². The highest BCUT2D eigenvalue weighted by atomic mass is 32.1. The lowest BCUT2D eigenvalue weighted by Gasteiger charge is -2.31. The maximum atomic E-state index is 5.47. The second-order valence-corrected chi connectivity index (χ2v) is 7.66. The van der Waals surface area contributed by atoms with Crippen LogP contribution in [0.3, 0.4) is 0 Å². The second-order valence-electron chi connectivity index (χ2n) is 7.48. The summed E-state index contributed by atoms with van der Waals surface area (Å²) in [6.07, 6.45) is 1.84. The largest absolute Gasteiger partial charge is 0.428 e. The first kappa shape index (κ1) is 17.7. The summed E-state index contributed by atoms with van der Waals surface area (Å²) in [5.41, 5.74) is 4.47. The standard InChI is InChI=1S/C21H26OS/c1-7-15-13-17(20(2,3)4)14-18(19(15)22-23)21(5,6)16-11-9-8-10-12-16/h7-14,23H,1H2,2-6H3. The molecular weight excluding hydrogens is 300 g/mol. The Hall–Kier alpha value is -1.67. The maximum Gasteiger partial charge on any atom is 0.148 e. The molecule has 0 N–H and O–H groups in total. The number of thiol groups is 1. The van der Waals surface area contributed by atoms with Gasteiger partial charge in [0.1, 0.15) is 5.75 Å². The van der Waals surface area contributed by atoms with Gasteiger partial charge < -0.3 is 4.18 Å². The van der Waals surface area contributed by atoms with Gasteiger partial charge in [-0.1, -0.05) is 83.7 Å². The molecular formula is C21H26OS. The molecule has 0 heterocycles. The molecule has 0 saturated carbocycles. The molecule has 23 heavy (non-hydrogen) atoms. The van der Waals surface area contributed by atoms with E-state index in [1.807, 2.05) is 12.1 Å². The fraction of sp³-hybridized carbons (Fsp3) is 0.333. The van der Waals surface area contributed by atoms with Crippen molar-refractivity contribution < 1.29 is 4.18 Å². The quantitative estimate of drug-likeness (QED) is 0.521. The van der Waals surface area contributed by atoms with Crippen molar-refractivity contribution in [2.24, 2.45) is 0 Å². The van der Waals surface area contributed by atoms with Crippen LogP contribution in [0.4, 0.5) is 0 Å². The van der Waals surface area contributed by atoms with Crippen molar-refractivity contribution in [2.45, 2.75) is 45.4 Å². The van der Waals surface area contributed by atoms with Crippen LogP contribution in [0.2, 0.25) is 0 Å². The van der Waals surface area contributed by atoms with E-state index in [0.717, 1.165) is 16.9 Å². The van der Waals surface area contributed by atoms with E-state index in [1.54, 1.807) is 0 Å². The zero-order valence-electron chi connectivity index (χ0n) is 14.7. The summed E-state index contributed by atoms with van der Waals surface area (Å²) in [5.74, 6) is 0.783. The number of benzene rings is 2. The predicted molar refractivity (Wildman–Crippen MR) is 103 cm³/mol. The van der Waals surface area contributed by atoms with Crippen LogP contribution < -0.4 is 4.18 Å². The van der Waals surface area contributed by atoms with Gasteiger partial charge in [-0.2, -0.15) is 0 Å². The normalized spacial score (nSPS) is 12.1. The van der Waals surface area contributed by atoms with E-state index < -0.39 is 0 Å². The molecule has 1 nitrogen and oxygen atoms in total. The smallest absolute Gasteiger partial charge is 0.148 e. The van der Waals surface area contributed by atoms with Gasteiger partial charge in [0.15, 0.2) is 0 Å². The minimum absolute atomic E-state index is 0.0500. The lowest BCUT2D eigenvalue weighted by Crippen LogP contribution is -2.22. The lowest BCUT2D eigenvalue weighted by atomic mass is 9.74. The van der Waals surface area contributed by atoms with Crippen molar-refractivity contribution in [1.82, 2.24) is 0 Å². The molecule has 0 bridgehead atoms. The van der Waals surface area contributed by atoms with Gasteiger partial charge in [0.25, 0.3) is 0 Å². The summed E-state index contributed by atoms with van der Waals surface area (Å²) >= 11 is 4.11. The first-order chi connectivity index (χ1) is 10.7. The van der Waals surface area contributed by atoms with Crippen molar-refractivity contribution in [2.75, 3.05) is 0 Å². The van der Waals surface area contributed by atoms with Gasteiger partial charge in [-0.3, -0.25) is 0 Å². The van der Waals surface area contributed by atoms with Gasteiger partial charge >= 0.3 is 0 Å². The highest BCUT2D eigenvalue weighted by Crippen LogP contribution is 2.42. The maximum absolute atomic E-state index is 5.47. The van der Waals surface area contributed by atoms with E-state index in [9.17, 15) is 0 Å². The first-order valence-corrected chi connectivity index (χ1v) is 8.26. The number of hydrogen-bond donors (Lipinski definition) is 1. The third-order valence-electron chi connectivity index (χ3n) is 4.46. The third-order valence-corrected chi connectivity index (χ3v) is 4.65. The molecule has 0 amide bonds. The Bertz CT molecular complexity index is 694. The minimum Gasteiger partial charge on any atom is -0.428 e. The van der Waals surface area contributed by atoms with Crippen LogP contribution in [-0.4, -0.2) is 0 Å². The Kier molecular flexibility index (Phi) is 4.95. The summed E-state index contributed by atoms with van der Waals surface area (Å²) in [4.78, 5) is 0. The van der Waals surface area contributed by atoms with Crippen LogP contribution in [-0.2, 0) is 10.8 Å². The lowest BCUT2D eigenvalue weighted by molar-refractivity contribution is 0.559. The van der Waals surface area contributed by atoms with Crippen molar-refractivity contribution >= 4 is 19.0 Å². The van der Waals surface area contributed by atoms with E-state index in [1.165, 1.54) is 11.1 Å². The highest BCUT2D eigenvalue weighted by molar-refractivity contribution is 7.75. The summed E-state index contributed by atoms with van der Waals surface area (Å²) < 4.78 is 5.47. The topological polar surface area (TPSA) is 9.23 Å². The zero-order valence-corrected chi connectivity index (χ0v) is 15.6. The molecule has 0 fully saturated rings. The minimum atomic E-state index is -0.196. The molecule has 0 saturated heterocycles. The Morgan fingerprint density at radius 3 is 2.04 bits per heavy atom. The molecule has 0 unspecified atom stereocenters. The monoisotopic (exact) mass is 326 g/mol. The molecule has 0 atom stereocenters. The fourth-order valence-corrected chi connectivity index (χ4v) is 3.02. The molecule has 0 aliphatic carbocycles. The van der Waals surface area contributed by atoms with Crippen LogP contribution in [0.5, 0.6) is 5.75 Å². The molecule has 0 radical (unpaired) electrons. The van der Waals surface area contributed by atoms with Gasteiger partial charge in [-0.05, 0) is 22.6 Å². The van der Waals surface area contributed by atoms with Crippen molar-refractivity contribution in [1.29, 1.82) is 0 Å². The van der Waals surface area contributed by atoms with E-state index in [-0.39, 0.29) is 10.8 Å². The Morgan fingerprint density at radius 2 is 1.57 bits per heavy atom. The fourth-order valence-electron chi connectivity index (χ4n) is 2.81. The zero-order chi connectivity index (χ0) is 17.3. The molecule has 122 valence electrons. The molecule has 0 aliphatic rings. The predicted octanol–water partition coefficient (Wildman–Crippen LogP) is 6.18. The van der Waals surface area contributed by atoms with E-state index in [4.69, 9.17) is 4.18 Å². The van der Waals surface area contributed by atoms with E-state index >= 15 is 0 Å². The van der Waals surface area contributed by atoms with Gasteiger partial charge in [-0.25, -0.2) is 0 Å². The molecule has 0 spiro atoms. The molecule has 0 aromatic heterocycles. The van der Waals surface area contributed by atoms with Crippen molar-refractivity contribution in [3.05, 3.63) is 71.3 Å². The average Bonchev–Trinajstić information content (AvgIpc) is 2.53. The molecule has 2 aromatic rings. The second kappa shape index (κ2) is 6.45. The van der Waals surface area contributed by atoms with Crippen molar-refractivity contribution in [3.63, 3.8) is 0 Å². The van der Waals surface area contributed by atoms with Crippen molar-refractivity contribution in [3.8, 4) is 5.75 Å². The van der Waals surface area contributed by atoms with Crippen LogP contribution >= 0.6 is 12.9 Å². The van der Waals surface area contributed by atoms with Gasteiger partial charge in [0.2, 0.25) is 0 Å². The number of hydrogen-bond acceptors (Lipinski definition) is 2. The van der Waals surface area contributed by atoms with Crippen LogP contribution in [0.25, 0.3) is 6.08 Å². The third kappa shape index (κ3) is 3.48. The Labute approximate surface area is 146 Å². The van der Waals surface area contributed by atoms with Gasteiger partial charge in [0.05, 0.1) is 0 Å². The summed E-state index contributed by atoms with van der Waals surface area (Å²) in [6.45, 7) is 15.0. The summed E-state index contributed by atoms with van der Waals surface area (Å²) in [6, 6.07) is 14.9. The molecule has 2 rings (SSSR count). The Balaban J connectivity index is 2.76. The van der Waals surface area contributed by atoms with Gasteiger partial charge in [-0.15, -0.1) is 0 Å². The molecule has 2 aromatic carbocycles. The summed E-state index contributed by atoms with van der Waals surface area (Å²) in [7, 11) is 0. The van der Waals surface area contributed by atoms with E-state index in [2.05, 4.69) is 90.5 Å². The Morgan fingerprint density at radius 1 is 0.957 bits per heavy atom. The average molecular weight is 327 g/mol. The summed E-state index contributed by atoms with van der Waals surface area (Å²) in [5, 5.41) is 0. The molecule has 2 heteroatoms. The number of rotatable bonds is 4.